The fourth-order valence-corrected chi connectivity index (χ4v) is 2.08. The zero-order valence-corrected chi connectivity index (χ0v) is 12.0. The number of hydrogen-bond acceptors (Lipinski definition) is 1. The van der Waals surface area contributed by atoms with Crippen molar-refractivity contribution in [2.45, 2.75) is 84.5 Å². The molecule has 1 heteroatoms. The van der Waals surface area contributed by atoms with E-state index < -0.39 is 0 Å². The minimum absolute atomic E-state index is 0.265. The van der Waals surface area contributed by atoms with E-state index in [0.717, 1.165) is 12.8 Å². The summed E-state index contributed by atoms with van der Waals surface area (Å²) in [6.45, 7) is 4.75. The minimum Gasteiger partial charge on any atom is -0.392 e. The van der Waals surface area contributed by atoms with E-state index in [4.69, 9.17) is 0 Å². The van der Waals surface area contributed by atoms with Crippen LogP contribution in [0.3, 0.4) is 0 Å². The number of unbranched alkanes of at least 4 members (excludes halogenated alkanes) is 8. The Labute approximate surface area is 108 Å². The third-order valence-corrected chi connectivity index (χ3v) is 3.30. The van der Waals surface area contributed by atoms with Gasteiger partial charge in [0.15, 0.2) is 0 Å². The zero-order chi connectivity index (χ0) is 12.8. The van der Waals surface area contributed by atoms with Gasteiger partial charge in [-0.3, -0.25) is 0 Å². The first-order chi connectivity index (χ1) is 8.35. The van der Waals surface area contributed by atoms with E-state index in [-0.39, 0.29) is 6.61 Å². The molecule has 0 aliphatic rings. The third kappa shape index (κ3) is 12.0. The number of aliphatic hydroxyl groups excluding tert-OH is 1. The molecule has 0 radical (unpaired) electrons. The molecule has 0 saturated heterocycles. The summed E-state index contributed by atoms with van der Waals surface area (Å²) >= 11 is 0. The smallest absolute Gasteiger partial charge is 0.0641 e. The lowest BCUT2D eigenvalue weighted by Gasteiger charge is -2.04. The quantitative estimate of drug-likeness (QED) is 0.365. The molecule has 0 bridgehead atoms. The molecule has 17 heavy (non-hydrogen) atoms. The van der Waals surface area contributed by atoms with E-state index in [1.807, 2.05) is 0 Å². The van der Waals surface area contributed by atoms with Crippen LogP contribution in [0, 0.1) is 0 Å². The van der Waals surface area contributed by atoms with Gasteiger partial charge in [-0.2, -0.15) is 0 Å². The molecule has 0 aromatic heterocycles. The highest BCUT2D eigenvalue weighted by Gasteiger charge is 1.96. The van der Waals surface area contributed by atoms with E-state index in [9.17, 15) is 5.11 Å². The third-order valence-electron chi connectivity index (χ3n) is 3.30. The summed E-state index contributed by atoms with van der Waals surface area (Å²) in [6, 6.07) is 0. The summed E-state index contributed by atoms with van der Waals surface area (Å²) in [5, 5.41) is 9.26. The van der Waals surface area contributed by atoms with Crippen LogP contribution in [0.1, 0.15) is 84.5 Å². The Morgan fingerprint density at radius 1 is 0.824 bits per heavy atom. The van der Waals surface area contributed by atoms with Crippen molar-refractivity contribution in [3.05, 3.63) is 11.6 Å². The highest BCUT2D eigenvalue weighted by Crippen LogP contribution is 2.12. The Bertz CT molecular complexity index is 172. The minimum atomic E-state index is 0.265. The predicted molar refractivity (Wildman–Crippen MR) is 77.3 cm³/mol. The average molecular weight is 240 g/mol. The van der Waals surface area contributed by atoms with Crippen molar-refractivity contribution >= 4 is 0 Å². The molecule has 0 amide bonds. The number of hydrogen-bond donors (Lipinski definition) is 1. The zero-order valence-electron chi connectivity index (χ0n) is 12.0. The summed E-state index contributed by atoms with van der Waals surface area (Å²) in [6.07, 6.45) is 16.4. The predicted octanol–water partition coefficient (Wildman–Crippen LogP) is 5.24. The van der Waals surface area contributed by atoms with Crippen LogP contribution in [0.15, 0.2) is 11.6 Å². The molecule has 0 fully saturated rings. The van der Waals surface area contributed by atoms with Crippen molar-refractivity contribution in [3.63, 3.8) is 0 Å². The molecule has 0 aliphatic carbocycles. The number of rotatable bonds is 12. The maximum Gasteiger partial charge on any atom is 0.0641 e. The lowest BCUT2D eigenvalue weighted by atomic mass is 10.0. The van der Waals surface area contributed by atoms with Crippen LogP contribution in [0.4, 0.5) is 0 Å². The molecule has 0 rings (SSSR count). The fraction of sp³-hybridized carbons (Fsp3) is 0.875. The molecular weight excluding hydrogens is 208 g/mol. The van der Waals surface area contributed by atoms with Gasteiger partial charge in [-0.25, -0.2) is 0 Å². The molecule has 0 aromatic carbocycles. The Morgan fingerprint density at radius 3 is 2.00 bits per heavy atom. The van der Waals surface area contributed by atoms with Gasteiger partial charge in [0.1, 0.15) is 0 Å². The van der Waals surface area contributed by atoms with Gasteiger partial charge in [0.05, 0.1) is 6.61 Å². The van der Waals surface area contributed by atoms with Crippen LogP contribution in [0.25, 0.3) is 0 Å². The summed E-state index contributed by atoms with van der Waals surface area (Å²) in [5.74, 6) is 0. The van der Waals surface area contributed by atoms with Crippen molar-refractivity contribution in [2.24, 2.45) is 0 Å². The lowest BCUT2D eigenvalue weighted by molar-refractivity contribution is 0.324. The molecule has 0 spiro atoms. The van der Waals surface area contributed by atoms with Gasteiger partial charge >= 0.3 is 0 Å². The summed E-state index contributed by atoms with van der Waals surface area (Å²) < 4.78 is 0. The standard InChI is InChI=1S/C16H32O/c1-3-5-7-9-10-12-14-16(15-17)13-11-8-6-4-2/h14,17H,3-13,15H2,1-2H3. The highest BCUT2D eigenvalue weighted by molar-refractivity contribution is 5.01. The Kier molecular flexibility index (Phi) is 13.5. The molecule has 0 aromatic rings. The second kappa shape index (κ2) is 13.8. The molecule has 1 nitrogen and oxygen atoms in total. The normalized spacial score (nSPS) is 12.1. The molecule has 0 saturated carbocycles. The van der Waals surface area contributed by atoms with Gasteiger partial charge in [-0.05, 0) is 31.3 Å². The van der Waals surface area contributed by atoms with Crippen molar-refractivity contribution in [1.82, 2.24) is 0 Å². The molecule has 0 heterocycles. The fourth-order valence-electron chi connectivity index (χ4n) is 2.08. The summed E-state index contributed by atoms with van der Waals surface area (Å²) in [5.41, 5.74) is 1.26. The van der Waals surface area contributed by atoms with E-state index in [1.54, 1.807) is 0 Å². The molecule has 102 valence electrons. The SMILES string of the molecule is CCCCCCCC=C(CO)CCCCCC. The lowest BCUT2D eigenvalue weighted by Crippen LogP contribution is -1.91. The largest absolute Gasteiger partial charge is 0.392 e. The topological polar surface area (TPSA) is 20.2 Å². The molecule has 0 unspecified atom stereocenters. The number of aliphatic hydroxyl groups is 1. The van der Waals surface area contributed by atoms with E-state index in [1.165, 1.54) is 63.4 Å². The molecule has 1 N–H and O–H groups in total. The first-order valence-corrected chi connectivity index (χ1v) is 7.63. The van der Waals surface area contributed by atoms with E-state index in [0.29, 0.717) is 0 Å². The summed E-state index contributed by atoms with van der Waals surface area (Å²) in [4.78, 5) is 0. The maximum absolute atomic E-state index is 9.26. The van der Waals surface area contributed by atoms with Gasteiger partial charge in [0.2, 0.25) is 0 Å². The average Bonchev–Trinajstić information content (AvgIpc) is 2.36. The maximum atomic E-state index is 9.26. The van der Waals surface area contributed by atoms with Gasteiger partial charge in [0.25, 0.3) is 0 Å². The Morgan fingerprint density at radius 2 is 1.41 bits per heavy atom. The first kappa shape index (κ1) is 16.7. The van der Waals surface area contributed by atoms with Gasteiger partial charge < -0.3 is 5.11 Å². The van der Waals surface area contributed by atoms with Gasteiger partial charge in [0, 0.05) is 0 Å². The van der Waals surface area contributed by atoms with Crippen LogP contribution in [0.5, 0.6) is 0 Å². The van der Waals surface area contributed by atoms with Crippen molar-refractivity contribution in [3.8, 4) is 0 Å². The van der Waals surface area contributed by atoms with Crippen LogP contribution >= 0.6 is 0 Å². The van der Waals surface area contributed by atoms with E-state index in [2.05, 4.69) is 19.9 Å². The van der Waals surface area contributed by atoms with Crippen molar-refractivity contribution in [2.75, 3.05) is 6.61 Å². The monoisotopic (exact) mass is 240 g/mol. The Balaban J connectivity index is 3.48. The highest BCUT2D eigenvalue weighted by atomic mass is 16.3. The second-order valence-corrected chi connectivity index (χ2v) is 5.03. The first-order valence-electron chi connectivity index (χ1n) is 7.63. The van der Waals surface area contributed by atoms with E-state index >= 15 is 0 Å². The van der Waals surface area contributed by atoms with Crippen molar-refractivity contribution < 1.29 is 5.11 Å². The molecule has 0 aliphatic heterocycles. The Hall–Kier alpha value is -0.300. The van der Waals surface area contributed by atoms with Crippen LogP contribution in [-0.2, 0) is 0 Å². The van der Waals surface area contributed by atoms with Gasteiger partial charge in [-0.15, -0.1) is 0 Å². The molecule has 0 atom stereocenters. The molecular formula is C16H32O. The number of allylic oxidation sites excluding steroid dienone is 1. The van der Waals surface area contributed by atoms with Crippen LogP contribution in [-0.4, -0.2) is 11.7 Å². The van der Waals surface area contributed by atoms with Crippen molar-refractivity contribution in [1.29, 1.82) is 0 Å². The second-order valence-electron chi connectivity index (χ2n) is 5.03. The van der Waals surface area contributed by atoms with Crippen LogP contribution in [0.2, 0.25) is 0 Å². The summed E-state index contributed by atoms with van der Waals surface area (Å²) in [7, 11) is 0. The van der Waals surface area contributed by atoms with Gasteiger partial charge in [-0.1, -0.05) is 64.9 Å². The van der Waals surface area contributed by atoms with Crippen LogP contribution < -0.4 is 0 Å².